The summed E-state index contributed by atoms with van der Waals surface area (Å²) in [6, 6.07) is 5.88. The molecule has 1 aliphatic heterocycles. The van der Waals surface area contributed by atoms with E-state index in [0.717, 1.165) is 23.2 Å². The van der Waals surface area contributed by atoms with Gasteiger partial charge >= 0.3 is 13.1 Å². The Morgan fingerprint density at radius 1 is 1.15 bits per heavy atom. The van der Waals surface area contributed by atoms with Crippen molar-refractivity contribution in [3.8, 4) is 5.75 Å². The molecule has 1 aromatic carbocycles. The molecule has 26 heavy (non-hydrogen) atoms. The minimum absolute atomic E-state index is 0.249. The summed E-state index contributed by atoms with van der Waals surface area (Å²) in [5.74, 6) is 0.432. The van der Waals surface area contributed by atoms with Gasteiger partial charge in [0.1, 0.15) is 12.4 Å². The average Bonchev–Trinajstić information content (AvgIpc) is 2.79. The van der Waals surface area contributed by atoms with E-state index in [4.69, 9.17) is 18.8 Å². The molecular weight excluding hydrogens is 331 g/mol. The van der Waals surface area contributed by atoms with Gasteiger partial charge in [-0.2, -0.15) is 0 Å². The van der Waals surface area contributed by atoms with Crippen molar-refractivity contribution in [3.05, 3.63) is 23.8 Å². The zero-order valence-corrected chi connectivity index (χ0v) is 17.3. The van der Waals surface area contributed by atoms with Crippen molar-refractivity contribution in [2.45, 2.75) is 66.1 Å². The third-order valence-electron chi connectivity index (χ3n) is 5.34. The van der Waals surface area contributed by atoms with Crippen molar-refractivity contribution in [1.29, 1.82) is 0 Å². The fourth-order valence-electron chi connectivity index (χ4n) is 2.78. The summed E-state index contributed by atoms with van der Waals surface area (Å²) in [6.07, 6.45) is 0.830. The zero-order valence-electron chi connectivity index (χ0n) is 17.3. The van der Waals surface area contributed by atoms with Gasteiger partial charge in [0.25, 0.3) is 0 Å². The number of carbonyl (C=O) groups is 1. The van der Waals surface area contributed by atoms with Gasteiger partial charge in [0.05, 0.1) is 23.7 Å². The Bertz CT molecular complexity index is 650. The Morgan fingerprint density at radius 3 is 2.23 bits per heavy atom. The van der Waals surface area contributed by atoms with Gasteiger partial charge in [-0.3, -0.25) is 4.79 Å². The first-order valence-corrected chi connectivity index (χ1v) is 9.13. The van der Waals surface area contributed by atoms with Gasteiger partial charge in [-0.1, -0.05) is 13.0 Å². The van der Waals surface area contributed by atoms with Crippen molar-refractivity contribution < 1.29 is 23.6 Å². The van der Waals surface area contributed by atoms with E-state index in [1.807, 2.05) is 45.9 Å². The van der Waals surface area contributed by atoms with Crippen molar-refractivity contribution in [2.75, 3.05) is 13.7 Å². The summed E-state index contributed by atoms with van der Waals surface area (Å²) < 4.78 is 23.0. The minimum atomic E-state index is -0.703. The summed E-state index contributed by atoms with van der Waals surface area (Å²) in [4.78, 5) is 11.8. The maximum Gasteiger partial charge on any atom is 0.495 e. The van der Waals surface area contributed by atoms with Crippen LogP contribution in [0, 0.1) is 5.41 Å². The predicted octanol–water partition coefficient (Wildman–Crippen LogP) is 3.13. The molecule has 1 saturated heterocycles. The lowest BCUT2D eigenvalue weighted by Crippen LogP contribution is -2.41. The summed E-state index contributed by atoms with van der Waals surface area (Å²) >= 11 is 0. The molecular formula is C20H31BO5. The van der Waals surface area contributed by atoms with Crippen molar-refractivity contribution in [3.63, 3.8) is 0 Å². The predicted molar refractivity (Wildman–Crippen MR) is 103 cm³/mol. The van der Waals surface area contributed by atoms with Gasteiger partial charge in [-0.05, 0) is 71.1 Å². The Hall–Kier alpha value is -1.53. The molecule has 1 aliphatic rings. The van der Waals surface area contributed by atoms with Gasteiger partial charge < -0.3 is 18.8 Å². The van der Waals surface area contributed by atoms with Crippen LogP contribution in [0.1, 0.15) is 54.0 Å². The zero-order chi connectivity index (χ0) is 19.8. The Kier molecular flexibility index (Phi) is 5.79. The lowest BCUT2D eigenvalue weighted by Gasteiger charge is -2.32. The second-order valence-corrected chi connectivity index (χ2v) is 8.47. The molecule has 0 atom stereocenters. The van der Waals surface area contributed by atoms with Crippen LogP contribution in [-0.2, 0) is 25.3 Å². The quantitative estimate of drug-likeness (QED) is 0.575. The van der Waals surface area contributed by atoms with E-state index in [1.165, 1.54) is 7.11 Å². The largest absolute Gasteiger partial charge is 0.495 e. The monoisotopic (exact) mass is 362 g/mol. The molecule has 0 N–H and O–H groups in total. The number of benzene rings is 1. The highest BCUT2D eigenvalue weighted by molar-refractivity contribution is 6.62. The maximum atomic E-state index is 11.8. The van der Waals surface area contributed by atoms with Crippen LogP contribution in [0.4, 0.5) is 0 Å². The summed E-state index contributed by atoms with van der Waals surface area (Å²) in [7, 11) is 0.995. The van der Waals surface area contributed by atoms with Gasteiger partial charge in [0.2, 0.25) is 0 Å². The van der Waals surface area contributed by atoms with Crippen LogP contribution in [0.5, 0.6) is 5.75 Å². The van der Waals surface area contributed by atoms with E-state index in [0.29, 0.717) is 0 Å². The highest BCUT2D eigenvalue weighted by Gasteiger charge is 2.52. The molecule has 6 heteroatoms. The molecule has 0 aromatic heterocycles. The Labute approximate surface area is 157 Å². The van der Waals surface area contributed by atoms with E-state index < -0.39 is 12.5 Å². The first kappa shape index (κ1) is 20.8. The molecule has 0 saturated carbocycles. The number of hydrogen-bond donors (Lipinski definition) is 0. The standard InChI is InChI=1S/C20H31BO5/c1-9-14-12-15(24-13-18(2,3)17(22)23-8)10-11-16(14)21-25-19(4,5)20(6,7)26-21/h10-12H,9,13H2,1-8H3. The summed E-state index contributed by atoms with van der Waals surface area (Å²) in [6.45, 7) is 14.1. The van der Waals surface area contributed by atoms with Crippen LogP contribution in [0.2, 0.25) is 0 Å². The smallest absolute Gasteiger partial charge is 0.492 e. The van der Waals surface area contributed by atoms with Crippen molar-refractivity contribution in [2.24, 2.45) is 5.41 Å². The van der Waals surface area contributed by atoms with Gasteiger partial charge in [0, 0.05) is 0 Å². The second kappa shape index (κ2) is 7.24. The lowest BCUT2D eigenvalue weighted by atomic mass is 9.75. The minimum Gasteiger partial charge on any atom is -0.492 e. The third kappa shape index (κ3) is 4.07. The van der Waals surface area contributed by atoms with Gasteiger partial charge in [-0.25, -0.2) is 0 Å². The van der Waals surface area contributed by atoms with Crippen LogP contribution < -0.4 is 10.2 Å². The lowest BCUT2D eigenvalue weighted by molar-refractivity contribution is -0.152. The van der Waals surface area contributed by atoms with Crippen LogP contribution >= 0.6 is 0 Å². The van der Waals surface area contributed by atoms with Crippen molar-refractivity contribution >= 4 is 18.6 Å². The molecule has 0 bridgehead atoms. The number of esters is 1. The summed E-state index contributed by atoms with van der Waals surface area (Å²) in [5.41, 5.74) is 0.679. The number of methoxy groups -OCH3 is 1. The highest BCUT2D eigenvalue weighted by Crippen LogP contribution is 2.37. The molecule has 2 rings (SSSR count). The first-order chi connectivity index (χ1) is 11.9. The molecule has 0 radical (unpaired) electrons. The number of aryl methyl sites for hydroxylation is 1. The Morgan fingerprint density at radius 2 is 1.73 bits per heavy atom. The number of carbonyl (C=O) groups excluding carboxylic acids is 1. The molecule has 5 nitrogen and oxygen atoms in total. The van der Waals surface area contributed by atoms with Crippen LogP contribution in [0.3, 0.4) is 0 Å². The fourth-order valence-corrected chi connectivity index (χ4v) is 2.78. The molecule has 1 aromatic rings. The first-order valence-electron chi connectivity index (χ1n) is 9.13. The summed E-state index contributed by atoms with van der Waals surface area (Å²) in [5, 5.41) is 0. The van der Waals surface area contributed by atoms with Gasteiger partial charge in [-0.15, -0.1) is 0 Å². The van der Waals surface area contributed by atoms with Crippen molar-refractivity contribution in [1.82, 2.24) is 0 Å². The second-order valence-electron chi connectivity index (χ2n) is 8.47. The van der Waals surface area contributed by atoms with E-state index >= 15 is 0 Å². The fraction of sp³-hybridized carbons (Fsp3) is 0.650. The molecule has 0 aliphatic carbocycles. The topological polar surface area (TPSA) is 54.0 Å². The number of ether oxygens (including phenoxy) is 2. The maximum absolute atomic E-state index is 11.8. The number of rotatable bonds is 6. The van der Waals surface area contributed by atoms with E-state index in [2.05, 4.69) is 6.92 Å². The van der Waals surface area contributed by atoms with E-state index in [9.17, 15) is 4.79 Å². The van der Waals surface area contributed by atoms with Crippen LogP contribution in [0.25, 0.3) is 0 Å². The molecule has 1 fully saturated rings. The molecule has 0 amide bonds. The average molecular weight is 362 g/mol. The normalized spacial score (nSPS) is 18.7. The van der Waals surface area contributed by atoms with E-state index in [1.54, 1.807) is 13.8 Å². The molecule has 1 heterocycles. The molecule has 0 unspecified atom stereocenters. The van der Waals surface area contributed by atoms with E-state index in [-0.39, 0.29) is 23.8 Å². The Balaban J connectivity index is 2.17. The third-order valence-corrected chi connectivity index (χ3v) is 5.34. The highest BCUT2D eigenvalue weighted by atomic mass is 16.7. The van der Waals surface area contributed by atoms with Crippen LogP contribution in [-0.4, -0.2) is 38.0 Å². The number of hydrogen-bond acceptors (Lipinski definition) is 5. The van der Waals surface area contributed by atoms with Gasteiger partial charge in [0.15, 0.2) is 0 Å². The van der Waals surface area contributed by atoms with Crippen LogP contribution in [0.15, 0.2) is 18.2 Å². The SMILES string of the molecule is CCc1cc(OCC(C)(C)C(=O)OC)ccc1B1OC(C)(C)C(C)(C)O1. The molecule has 144 valence electrons. The molecule has 0 spiro atoms.